The van der Waals surface area contributed by atoms with Crippen LogP contribution in [0.3, 0.4) is 0 Å². The molecule has 2 rings (SSSR count). The Kier molecular flexibility index (Phi) is 11.0. The molecule has 0 fully saturated rings. The predicted molar refractivity (Wildman–Crippen MR) is 143 cm³/mol. The Balaban J connectivity index is 2.40. The quantitative estimate of drug-likeness (QED) is 0.115. The van der Waals surface area contributed by atoms with Crippen LogP contribution < -0.4 is 11.1 Å². The number of carbonyl (C=O) groups is 1. The lowest BCUT2D eigenvalue weighted by atomic mass is 10.2. The Morgan fingerprint density at radius 3 is 2.47 bits per heavy atom. The third-order valence-electron chi connectivity index (χ3n) is 5.44. The first-order valence-corrected chi connectivity index (χ1v) is 13.5. The van der Waals surface area contributed by atoms with Crippen LogP contribution in [0.15, 0.2) is 31.0 Å². The van der Waals surface area contributed by atoms with Crippen molar-refractivity contribution in [3.63, 3.8) is 0 Å². The van der Waals surface area contributed by atoms with Gasteiger partial charge in [0, 0.05) is 24.5 Å². The van der Waals surface area contributed by atoms with Crippen LogP contribution in [0.25, 0.3) is 0 Å². The van der Waals surface area contributed by atoms with Crippen molar-refractivity contribution in [3.05, 3.63) is 39.4 Å². The monoisotopic (exact) mass is 540 g/mol. The van der Waals surface area contributed by atoms with E-state index < -0.39 is 17.0 Å². The van der Waals surface area contributed by atoms with Gasteiger partial charge in [0.15, 0.2) is 9.96 Å². The van der Waals surface area contributed by atoms with E-state index in [0.717, 1.165) is 16.2 Å². The number of aromatic hydroxyl groups is 1. The molecule has 2 heterocycles. The van der Waals surface area contributed by atoms with E-state index in [1.807, 2.05) is 33.8 Å². The number of esters is 1. The summed E-state index contributed by atoms with van der Waals surface area (Å²) < 4.78 is 31.1. The van der Waals surface area contributed by atoms with Crippen molar-refractivity contribution >= 4 is 39.8 Å². The van der Waals surface area contributed by atoms with Gasteiger partial charge < -0.3 is 30.0 Å². The van der Waals surface area contributed by atoms with Gasteiger partial charge in [0.05, 0.1) is 31.5 Å². The van der Waals surface area contributed by atoms with Gasteiger partial charge in [0.25, 0.3) is 0 Å². The number of amidine groups is 1. The van der Waals surface area contributed by atoms with Crippen LogP contribution in [-0.2, 0) is 31.8 Å². The van der Waals surface area contributed by atoms with Crippen molar-refractivity contribution in [2.45, 2.75) is 52.3 Å². The maximum Gasteiger partial charge on any atom is 0.374 e. The van der Waals surface area contributed by atoms with E-state index in [-0.39, 0.29) is 42.6 Å². The molecule has 2 aromatic heterocycles. The summed E-state index contributed by atoms with van der Waals surface area (Å²) in [4.78, 5) is 17.7. The number of nitrogens with one attached hydrogen (secondary N) is 1. The highest BCUT2D eigenvalue weighted by atomic mass is 32.2. The molecule has 1 unspecified atom stereocenters. The average Bonchev–Trinajstić information content (AvgIpc) is 3.32. The van der Waals surface area contributed by atoms with Gasteiger partial charge in [-0.3, -0.25) is 4.99 Å². The fourth-order valence-corrected chi connectivity index (χ4v) is 6.08. The fourth-order valence-electron chi connectivity index (χ4n) is 3.39. The summed E-state index contributed by atoms with van der Waals surface area (Å²) in [5, 5.41) is 14.0. The summed E-state index contributed by atoms with van der Waals surface area (Å²) in [6.45, 7) is 12.6. The maximum absolute atomic E-state index is 12.9. The summed E-state index contributed by atoms with van der Waals surface area (Å²) in [5.41, 5.74) is 7.96. The number of rotatable bonds is 13. The molecule has 0 saturated carbocycles. The lowest BCUT2D eigenvalue weighted by molar-refractivity contribution is -0.142. The van der Waals surface area contributed by atoms with Crippen LogP contribution in [-0.4, -0.2) is 58.8 Å². The number of ether oxygens (including phenoxy) is 2. The minimum atomic E-state index is -1.50. The van der Waals surface area contributed by atoms with Crippen molar-refractivity contribution in [2.75, 3.05) is 38.7 Å². The van der Waals surface area contributed by atoms with Gasteiger partial charge in [0.2, 0.25) is 5.76 Å². The molecule has 0 saturated heterocycles. The predicted octanol–water partition coefficient (Wildman–Crippen LogP) is 3.77. The Hall–Kier alpha value is -2.83. The molecule has 200 valence electrons. The minimum Gasteiger partial charge on any atom is -0.504 e. The highest BCUT2D eigenvalue weighted by molar-refractivity contribution is 7.85. The Morgan fingerprint density at radius 2 is 1.94 bits per heavy atom. The van der Waals surface area contributed by atoms with Gasteiger partial charge in [0.1, 0.15) is 28.3 Å². The van der Waals surface area contributed by atoms with Crippen LogP contribution in [0.5, 0.6) is 5.75 Å². The molecular formula is C24H36N4O6S2. The molecule has 0 aliphatic carbocycles. The maximum atomic E-state index is 12.9. The molecule has 0 amide bonds. The summed E-state index contributed by atoms with van der Waals surface area (Å²) in [7, 11) is -0.153. The average molecular weight is 541 g/mol. The third kappa shape index (κ3) is 6.89. The number of furan rings is 1. The molecule has 36 heavy (non-hydrogen) atoms. The Labute approximate surface area is 218 Å². The van der Waals surface area contributed by atoms with Gasteiger partial charge in [-0.2, -0.15) is 0 Å². The number of nitrogens with two attached hydrogens (primary N) is 1. The molecular weight excluding hydrogens is 504 g/mol. The number of nitrogens with zero attached hydrogens (tertiary/aromatic N) is 2. The molecule has 0 spiro atoms. The molecule has 1 atom stereocenters. The number of carbonyl (C=O) groups excluding carboxylic acids is 1. The molecule has 0 aromatic carbocycles. The molecule has 10 nitrogen and oxygen atoms in total. The summed E-state index contributed by atoms with van der Waals surface area (Å²) in [6, 6.07) is 1.88. The minimum absolute atomic E-state index is 0.00396. The largest absolute Gasteiger partial charge is 0.504 e. The zero-order valence-corrected chi connectivity index (χ0v) is 23.5. The number of anilines is 1. The van der Waals surface area contributed by atoms with Gasteiger partial charge in [-0.15, -0.1) is 11.3 Å². The van der Waals surface area contributed by atoms with Gasteiger partial charge in [-0.25, -0.2) is 13.3 Å². The van der Waals surface area contributed by atoms with Gasteiger partial charge in [-0.1, -0.05) is 13.8 Å². The van der Waals surface area contributed by atoms with Crippen LogP contribution in [0, 0.1) is 20.8 Å². The van der Waals surface area contributed by atoms with Crippen LogP contribution in [0.4, 0.5) is 5.69 Å². The molecule has 0 radical (unpaired) electrons. The highest BCUT2D eigenvalue weighted by Gasteiger charge is 2.25. The molecule has 2 aromatic rings. The second-order valence-electron chi connectivity index (χ2n) is 7.77. The van der Waals surface area contributed by atoms with Crippen molar-refractivity contribution in [2.24, 2.45) is 10.7 Å². The van der Waals surface area contributed by atoms with E-state index in [9.17, 15) is 14.1 Å². The topological polar surface area (TPSA) is 140 Å². The smallest absolute Gasteiger partial charge is 0.374 e. The molecule has 0 bridgehead atoms. The number of methoxy groups -OCH3 is 1. The van der Waals surface area contributed by atoms with Crippen molar-refractivity contribution in [1.82, 2.24) is 4.31 Å². The lowest BCUT2D eigenvalue weighted by Gasteiger charge is -2.16. The van der Waals surface area contributed by atoms with Gasteiger partial charge in [-0.05, 0) is 39.3 Å². The fraction of sp³-hybridized carbons (Fsp3) is 0.500. The van der Waals surface area contributed by atoms with Crippen molar-refractivity contribution < 1.29 is 28.0 Å². The standard InChI is InChI=1S/C24H36N4O6S2/c1-8-28(9-2)36(31)24-20(29)19(16(6)35-24)26-13-18(21(32-7)23(30)33-10-3)22(25)27-12-17-11-14(4)15(5)34-17/h11,26,29H,8-10,12-13H2,1-7H3,(H2,25,27)/b21-18-. The number of aliphatic imine (C=N–C) groups is 1. The van der Waals surface area contributed by atoms with Crippen molar-refractivity contribution in [3.8, 4) is 5.75 Å². The van der Waals surface area contributed by atoms with E-state index >= 15 is 0 Å². The van der Waals surface area contributed by atoms with E-state index in [4.69, 9.17) is 19.6 Å². The number of hydrogen-bond acceptors (Lipinski definition) is 9. The zero-order chi connectivity index (χ0) is 27.0. The first-order chi connectivity index (χ1) is 17.1. The van der Waals surface area contributed by atoms with Gasteiger partial charge >= 0.3 is 5.97 Å². The van der Waals surface area contributed by atoms with E-state index in [1.165, 1.54) is 18.4 Å². The van der Waals surface area contributed by atoms with E-state index in [1.54, 1.807) is 18.2 Å². The van der Waals surface area contributed by atoms with Crippen LogP contribution >= 0.6 is 11.3 Å². The first-order valence-electron chi connectivity index (χ1n) is 11.6. The SMILES string of the molecule is CCOC(=O)/C(OC)=C(\CNc1c(C)sc(S(=O)N(CC)CC)c1O)C(N)=NCc1cc(C)c(C)o1. The normalized spacial score (nSPS) is 13.5. The second-order valence-corrected chi connectivity index (χ2v) is 10.7. The second kappa shape index (κ2) is 13.5. The summed E-state index contributed by atoms with van der Waals surface area (Å²) in [6.07, 6.45) is 0. The molecule has 4 N–H and O–H groups in total. The Morgan fingerprint density at radius 1 is 1.28 bits per heavy atom. The summed E-state index contributed by atoms with van der Waals surface area (Å²) in [5.74, 6) is 0.588. The highest BCUT2D eigenvalue weighted by Crippen LogP contribution is 2.41. The summed E-state index contributed by atoms with van der Waals surface area (Å²) >= 11 is 1.24. The zero-order valence-electron chi connectivity index (χ0n) is 21.9. The van der Waals surface area contributed by atoms with E-state index in [2.05, 4.69) is 10.3 Å². The Bertz CT molecular complexity index is 1130. The molecule has 0 aliphatic heterocycles. The first kappa shape index (κ1) is 29.4. The third-order valence-corrected chi connectivity index (χ3v) is 8.50. The number of thiophene rings is 1. The number of hydrogen-bond donors (Lipinski definition) is 3. The van der Waals surface area contributed by atoms with Crippen LogP contribution in [0.1, 0.15) is 42.7 Å². The molecule has 0 aliphatic rings. The number of aryl methyl sites for hydroxylation is 3. The van der Waals surface area contributed by atoms with E-state index in [0.29, 0.717) is 28.7 Å². The lowest BCUT2D eigenvalue weighted by Crippen LogP contribution is -2.26. The van der Waals surface area contributed by atoms with Crippen LogP contribution in [0.2, 0.25) is 0 Å². The molecule has 12 heteroatoms. The van der Waals surface area contributed by atoms with Crippen molar-refractivity contribution in [1.29, 1.82) is 0 Å².